The number of nitrogen functional groups attached to an aromatic ring is 1. The Labute approximate surface area is 140 Å². The normalized spacial score (nSPS) is 15.6. The number of nitrogens with one attached hydrogen (secondary N) is 1. The monoisotopic (exact) mass is 413 g/mol. The van der Waals surface area contributed by atoms with Crippen molar-refractivity contribution in [3.63, 3.8) is 0 Å². The summed E-state index contributed by atoms with van der Waals surface area (Å²) in [6.07, 6.45) is 4.96. The number of benzene rings is 1. The van der Waals surface area contributed by atoms with Crippen LogP contribution in [0.25, 0.3) is 10.9 Å². The Balaban J connectivity index is 2.28. The Morgan fingerprint density at radius 3 is 2.57 bits per heavy atom. The van der Waals surface area contributed by atoms with E-state index in [4.69, 9.17) is 15.6 Å². The van der Waals surface area contributed by atoms with Gasteiger partial charge in [0.15, 0.2) is 0 Å². The summed E-state index contributed by atoms with van der Waals surface area (Å²) in [5, 5.41) is 0.892. The highest BCUT2D eigenvalue weighted by Crippen LogP contribution is 2.43. The highest BCUT2D eigenvalue weighted by Gasteiger charge is 2.22. The fraction of sp³-hybridized carbons (Fsp3) is 0.400. The van der Waals surface area contributed by atoms with Crippen LogP contribution in [-0.2, 0) is 0 Å². The number of hydrazine groups is 1. The molecule has 2 aromatic rings. The molecule has 1 heterocycles. The van der Waals surface area contributed by atoms with Crippen LogP contribution >= 0.6 is 31.9 Å². The average molecular weight is 415 g/mol. The zero-order chi connectivity index (χ0) is 15.0. The Bertz CT molecular complexity index is 684. The molecule has 0 saturated heterocycles. The number of anilines is 1. The number of ether oxygens (including phenoxy) is 1. The van der Waals surface area contributed by atoms with Crippen LogP contribution in [0.1, 0.15) is 37.3 Å². The van der Waals surface area contributed by atoms with E-state index < -0.39 is 0 Å². The smallest absolute Gasteiger partial charge is 0.144 e. The minimum absolute atomic E-state index is 0.531. The summed E-state index contributed by atoms with van der Waals surface area (Å²) in [5.74, 6) is 7.02. The van der Waals surface area contributed by atoms with Crippen LogP contribution in [0, 0.1) is 0 Å². The van der Waals surface area contributed by atoms with Gasteiger partial charge in [-0.3, -0.25) is 10.8 Å². The number of rotatable bonds is 3. The third kappa shape index (κ3) is 2.64. The maximum Gasteiger partial charge on any atom is 0.144 e. The van der Waals surface area contributed by atoms with Crippen molar-refractivity contribution in [2.45, 2.75) is 31.6 Å². The fourth-order valence-electron chi connectivity index (χ4n) is 3.08. The van der Waals surface area contributed by atoms with E-state index in [-0.39, 0.29) is 0 Å². The second kappa shape index (κ2) is 6.10. The lowest BCUT2D eigenvalue weighted by molar-refractivity contribution is 0.417. The molecule has 0 atom stereocenters. The number of hydrogen-bond donors (Lipinski definition) is 2. The molecule has 1 aromatic heterocycles. The third-order valence-electron chi connectivity index (χ3n) is 4.10. The van der Waals surface area contributed by atoms with E-state index in [9.17, 15) is 0 Å². The minimum atomic E-state index is 0.531. The van der Waals surface area contributed by atoms with Gasteiger partial charge in [0.25, 0.3) is 0 Å². The SMILES string of the molecule is COc1c(Br)cc(Br)c2nc(C3CCCC3)cc(NN)c12. The van der Waals surface area contributed by atoms with Gasteiger partial charge in [-0.1, -0.05) is 12.8 Å². The third-order valence-corrected chi connectivity index (χ3v) is 5.29. The van der Waals surface area contributed by atoms with Gasteiger partial charge >= 0.3 is 0 Å². The minimum Gasteiger partial charge on any atom is -0.495 e. The molecule has 6 heteroatoms. The molecular weight excluding hydrogens is 398 g/mol. The van der Waals surface area contributed by atoms with Crippen molar-refractivity contribution < 1.29 is 4.74 Å². The Kier molecular flexibility index (Phi) is 4.38. The highest BCUT2D eigenvalue weighted by atomic mass is 79.9. The zero-order valence-electron chi connectivity index (χ0n) is 11.7. The lowest BCUT2D eigenvalue weighted by atomic mass is 10.0. The van der Waals surface area contributed by atoms with Gasteiger partial charge in [-0.15, -0.1) is 0 Å². The highest BCUT2D eigenvalue weighted by molar-refractivity contribution is 9.11. The zero-order valence-corrected chi connectivity index (χ0v) is 14.9. The average Bonchev–Trinajstić information content (AvgIpc) is 3.01. The van der Waals surface area contributed by atoms with E-state index in [2.05, 4.69) is 43.4 Å². The standard InChI is InChI=1S/C15H17Br2N3O/c1-21-15-10(17)6-9(16)14-13(15)12(20-18)7-11(19-14)8-4-2-3-5-8/h6-8H,2-5,18H2,1H3,(H,19,20). The van der Waals surface area contributed by atoms with E-state index in [1.807, 2.05) is 6.07 Å². The van der Waals surface area contributed by atoms with Crippen molar-refractivity contribution in [1.29, 1.82) is 0 Å². The number of methoxy groups -OCH3 is 1. The molecule has 0 unspecified atom stereocenters. The van der Waals surface area contributed by atoms with E-state index in [0.29, 0.717) is 5.92 Å². The summed E-state index contributed by atoms with van der Waals surface area (Å²) in [6, 6.07) is 4.02. The molecule has 1 saturated carbocycles. The molecule has 4 nitrogen and oxygen atoms in total. The Hall–Kier alpha value is -0.850. The molecule has 0 radical (unpaired) electrons. The lowest BCUT2D eigenvalue weighted by Gasteiger charge is -2.17. The quantitative estimate of drug-likeness (QED) is 0.563. The molecule has 0 amide bonds. The van der Waals surface area contributed by atoms with Crippen LogP contribution in [0.3, 0.4) is 0 Å². The van der Waals surface area contributed by atoms with Crippen LogP contribution in [0.5, 0.6) is 5.75 Å². The van der Waals surface area contributed by atoms with Gasteiger partial charge < -0.3 is 10.2 Å². The van der Waals surface area contributed by atoms with Gasteiger partial charge in [0.2, 0.25) is 0 Å². The Morgan fingerprint density at radius 2 is 1.95 bits per heavy atom. The predicted molar refractivity (Wildman–Crippen MR) is 92.7 cm³/mol. The summed E-state index contributed by atoms with van der Waals surface area (Å²) in [4.78, 5) is 4.87. The summed E-state index contributed by atoms with van der Waals surface area (Å²) in [6.45, 7) is 0. The maximum atomic E-state index is 5.74. The molecule has 21 heavy (non-hydrogen) atoms. The molecule has 3 N–H and O–H groups in total. The van der Waals surface area contributed by atoms with Crippen LogP contribution < -0.4 is 16.0 Å². The first kappa shape index (κ1) is 15.1. The first-order valence-corrected chi connectivity index (χ1v) is 8.57. The first-order chi connectivity index (χ1) is 10.2. The number of nitrogens with zero attached hydrogens (tertiary/aromatic N) is 1. The topological polar surface area (TPSA) is 60.2 Å². The molecule has 112 valence electrons. The fourth-order valence-corrected chi connectivity index (χ4v) is 4.49. The van der Waals surface area contributed by atoms with Gasteiger partial charge in [-0.05, 0) is 56.8 Å². The van der Waals surface area contributed by atoms with Crippen LogP contribution in [-0.4, -0.2) is 12.1 Å². The van der Waals surface area contributed by atoms with Crippen LogP contribution in [0.4, 0.5) is 5.69 Å². The van der Waals surface area contributed by atoms with Gasteiger partial charge in [-0.2, -0.15) is 0 Å². The van der Waals surface area contributed by atoms with Gasteiger partial charge in [0.05, 0.1) is 28.2 Å². The molecule has 0 aliphatic heterocycles. The van der Waals surface area contributed by atoms with Crippen molar-refractivity contribution in [3.8, 4) is 5.75 Å². The van der Waals surface area contributed by atoms with Crippen molar-refractivity contribution in [2.24, 2.45) is 5.84 Å². The summed E-state index contributed by atoms with van der Waals surface area (Å²) >= 11 is 7.13. The van der Waals surface area contributed by atoms with Crippen molar-refractivity contribution in [3.05, 3.63) is 26.8 Å². The van der Waals surface area contributed by atoms with E-state index >= 15 is 0 Å². The number of hydrogen-bond acceptors (Lipinski definition) is 4. The second-order valence-electron chi connectivity index (χ2n) is 5.32. The Morgan fingerprint density at radius 1 is 1.24 bits per heavy atom. The molecule has 0 spiro atoms. The number of nitrogens with two attached hydrogens (primary N) is 1. The van der Waals surface area contributed by atoms with Gasteiger partial charge in [-0.25, -0.2) is 0 Å². The van der Waals surface area contributed by atoms with E-state index in [0.717, 1.165) is 37.0 Å². The van der Waals surface area contributed by atoms with E-state index in [1.165, 1.54) is 25.7 Å². The molecule has 1 aliphatic rings. The molecule has 0 bridgehead atoms. The second-order valence-corrected chi connectivity index (χ2v) is 7.03. The maximum absolute atomic E-state index is 5.74. The van der Waals surface area contributed by atoms with E-state index in [1.54, 1.807) is 7.11 Å². The van der Waals surface area contributed by atoms with Crippen molar-refractivity contribution in [1.82, 2.24) is 4.98 Å². The largest absolute Gasteiger partial charge is 0.495 e. The summed E-state index contributed by atoms with van der Waals surface area (Å²) in [5.41, 5.74) is 5.64. The van der Waals surface area contributed by atoms with Crippen molar-refractivity contribution >= 4 is 48.5 Å². The number of pyridine rings is 1. The van der Waals surface area contributed by atoms with Gasteiger partial charge in [0, 0.05) is 16.1 Å². The number of aromatic nitrogens is 1. The first-order valence-electron chi connectivity index (χ1n) is 6.99. The summed E-state index contributed by atoms with van der Waals surface area (Å²) < 4.78 is 7.32. The molecule has 3 rings (SSSR count). The predicted octanol–water partition coefficient (Wildman–Crippen LogP) is 4.71. The molecular formula is C15H17Br2N3O. The molecule has 1 aromatic carbocycles. The van der Waals surface area contributed by atoms with Crippen molar-refractivity contribution in [2.75, 3.05) is 12.5 Å². The number of halogens is 2. The molecule has 1 aliphatic carbocycles. The van der Waals surface area contributed by atoms with Crippen LogP contribution in [0.2, 0.25) is 0 Å². The lowest BCUT2D eigenvalue weighted by Crippen LogP contribution is -2.10. The molecule has 1 fully saturated rings. The van der Waals surface area contributed by atoms with Crippen LogP contribution in [0.15, 0.2) is 21.1 Å². The van der Waals surface area contributed by atoms with Gasteiger partial charge in [0.1, 0.15) is 5.75 Å². The summed E-state index contributed by atoms with van der Waals surface area (Å²) in [7, 11) is 1.65. The number of fused-ring (bicyclic) bond motifs is 1.